The first-order valence-electron chi connectivity index (χ1n) is 5.09. The zero-order valence-electron chi connectivity index (χ0n) is 9.66. The maximum absolute atomic E-state index is 11.4. The molecule has 0 heterocycles. The van der Waals surface area contributed by atoms with Crippen LogP contribution in [0.15, 0.2) is 12.1 Å². The van der Waals surface area contributed by atoms with Crippen molar-refractivity contribution in [2.24, 2.45) is 0 Å². The number of aldehydes is 1. The second-order valence-electron chi connectivity index (χ2n) is 3.29. The molecule has 1 rings (SSSR count). The lowest BCUT2D eigenvalue weighted by atomic mass is 10.1. The molecular formula is C12H13ClO4. The van der Waals surface area contributed by atoms with Crippen LogP contribution in [0.5, 0.6) is 5.75 Å². The van der Waals surface area contributed by atoms with Gasteiger partial charge in [-0.2, -0.15) is 0 Å². The van der Waals surface area contributed by atoms with Crippen molar-refractivity contribution in [3.63, 3.8) is 0 Å². The fraction of sp³-hybridized carbons (Fsp3) is 0.333. The Morgan fingerprint density at radius 2 is 2.18 bits per heavy atom. The van der Waals surface area contributed by atoms with Crippen molar-refractivity contribution >= 4 is 23.9 Å². The number of halogens is 1. The van der Waals surface area contributed by atoms with Crippen molar-refractivity contribution < 1.29 is 19.1 Å². The Hall–Kier alpha value is -1.55. The van der Waals surface area contributed by atoms with Crippen LogP contribution in [0.25, 0.3) is 0 Å². The van der Waals surface area contributed by atoms with Gasteiger partial charge in [0, 0.05) is 5.56 Å². The van der Waals surface area contributed by atoms with Crippen LogP contribution in [-0.4, -0.2) is 26.0 Å². The molecule has 0 N–H and O–H groups in total. The molecule has 0 bridgehead atoms. The average molecular weight is 257 g/mol. The molecular weight excluding hydrogens is 244 g/mol. The van der Waals surface area contributed by atoms with Gasteiger partial charge in [-0.15, -0.1) is 0 Å². The van der Waals surface area contributed by atoms with Crippen LogP contribution >= 0.6 is 11.6 Å². The molecule has 92 valence electrons. The molecule has 0 saturated carbocycles. The van der Waals surface area contributed by atoms with Gasteiger partial charge in [-0.1, -0.05) is 11.6 Å². The number of hydrogen-bond donors (Lipinski definition) is 0. The van der Waals surface area contributed by atoms with E-state index in [4.69, 9.17) is 21.1 Å². The van der Waals surface area contributed by atoms with Gasteiger partial charge in [0.05, 0.1) is 25.2 Å². The van der Waals surface area contributed by atoms with Crippen molar-refractivity contribution in [1.29, 1.82) is 0 Å². The Morgan fingerprint density at radius 1 is 1.47 bits per heavy atom. The Labute approximate surface area is 104 Å². The lowest BCUT2D eigenvalue weighted by molar-refractivity contribution is -0.142. The second-order valence-corrected chi connectivity index (χ2v) is 3.67. The summed E-state index contributed by atoms with van der Waals surface area (Å²) in [4.78, 5) is 22.2. The van der Waals surface area contributed by atoms with Gasteiger partial charge >= 0.3 is 5.97 Å². The number of hydrogen-bond acceptors (Lipinski definition) is 4. The molecule has 0 aliphatic carbocycles. The third kappa shape index (κ3) is 3.46. The number of esters is 1. The predicted octanol–water partition coefficient (Wildman–Crippen LogP) is 2.27. The van der Waals surface area contributed by atoms with Crippen LogP contribution in [0.3, 0.4) is 0 Å². The molecule has 5 heteroatoms. The maximum Gasteiger partial charge on any atom is 0.310 e. The van der Waals surface area contributed by atoms with Gasteiger partial charge in [0.15, 0.2) is 6.29 Å². The van der Waals surface area contributed by atoms with E-state index in [2.05, 4.69) is 0 Å². The normalized spacial score (nSPS) is 9.82. The summed E-state index contributed by atoms with van der Waals surface area (Å²) in [5.74, 6) is 0.0929. The molecule has 0 radical (unpaired) electrons. The number of methoxy groups -OCH3 is 1. The number of benzene rings is 1. The van der Waals surface area contributed by atoms with Gasteiger partial charge in [-0.25, -0.2) is 0 Å². The average Bonchev–Trinajstić information content (AvgIpc) is 2.32. The van der Waals surface area contributed by atoms with E-state index in [0.717, 1.165) is 0 Å². The molecule has 0 saturated heterocycles. The third-order valence-corrected chi connectivity index (χ3v) is 2.61. The van der Waals surface area contributed by atoms with Gasteiger partial charge in [-0.05, 0) is 24.6 Å². The van der Waals surface area contributed by atoms with Gasteiger partial charge in [0.2, 0.25) is 0 Å². The maximum atomic E-state index is 11.4. The second kappa shape index (κ2) is 6.25. The van der Waals surface area contributed by atoms with Crippen LogP contribution in [0.2, 0.25) is 5.02 Å². The van der Waals surface area contributed by atoms with Gasteiger partial charge in [0.1, 0.15) is 5.75 Å². The Balaban J connectivity index is 3.04. The zero-order valence-corrected chi connectivity index (χ0v) is 10.4. The highest BCUT2D eigenvalue weighted by Gasteiger charge is 2.13. The van der Waals surface area contributed by atoms with Crippen LogP contribution in [0.1, 0.15) is 22.8 Å². The van der Waals surface area contributed by atoms with Crippen LogP contribution < -0.4 is 4.74 Å². The summed E-state index contributed by atoms with van der Waals surface area (Å²) in [6.45, 7) is 2.03. The van der Waals surface area contributed by atoms with E-state index in [1.807, 2.05) is 0 Å². The van der Waals surface area contributed by atoms with Crippen molar-refractivity contribution in [2.75, 3.05) is 13.7 Å². The van der Waals surface area contributed by atoms with E-state index in [1.54, 1.807) is 13.0 Å². The fourth-order valence-corrected chi connectivity index (χ4v) is 1.60. The minimum absolute atomic E-state index is 0.0186. The molecule has 4 nitrogen and oxygen atoms in total. The summed E-state index contributed by atoms with van der Waals surface area (Å²) in [6.07, 6.45) is 0.643. The molecule has 1 aromatic rings. The summed E-state index contributed by atoms with van der Waals surface area (Å²) in [7, 11) is 1.48. The zero-order chi connectivity index (χ0) is 12.8. The van der Waals surface area contributed by atoms with Crippen molar-refractivity contribution in [1.82, 2.24) is 0 Å². The first kappa shape index (κ1) is 13.5. The predicted molar refractivity (Wildman–Crippen MR) is 63.7 cm³/mol. The number of rotatable bonds is 5. The Kier molecular flexibility index (Phi) is 4.97. The standard InChI is InChI=1S/C12H13ClO4/c1-3-17-11(15)6-8-4-10(16-2)5-9(7-14)12(8)13/h4-5,7H,3,6H2,1-2H3. The Bertz CT molecular complexity index is 429. The molecule has 0 aliphatic rings. The summed E-state index contributed by atoms with van der Waals surface area (Å²) in [5.41, 5.74) is 0.817. The van der Waals surface area contributed by atoms with Crippen molar-refractivity contribution in [3.05, 3.63) is 28.3 Å². The van der Waals surface area contributed by atoms with E-state index in [9.17, 15) is 9.59 Å². The highest BCUT2D eigenvalue weighted by Crippen LogP contribution is 2.26. The highest BCUT2D eigenvalue weighted by molar-refractivity contribution is 6.34. The molecule has 17 heavy (non-hydrogen) atoms. The van der Waals surface area contributed by atoms with E-state index < -0.39 is 0 Å². The molecule has 0 spiro atoms. The number of carbonyl (C=O) groups excluding carboxylic acids is 2. The summed E-state index contributed by atoms with van der Waals surface area (Å²) >= 11 is 5.99. The fourth-order valence-electron chi connectivity index (χ4n) is 1.38. The van der Waals surface area contributed by atoms with Crippen LogP contribution in [-0.2, 0) is 16.0 Å². The van der Waals surface area contributed by atoms with E-state index in [-0.39, 0.29) is 17.4 Å². The summed E-state index contributed by atoms with van der Waals surface area (Å²) < 4.78 is 9.85. The molecule has 1 aromatic carbocycles. The molecule has 0 aromatic heterocycles. The lowest BCUT2D eigenvalue weighted by Gasteiger charge is -2.09. The van der Waals surface area contributed by atoms with Crippen LogP contribution in [0.4, 0.5) is 0 Å². The SMILES string of the molecule is CCOC(=O)Cc1cc(OC)cc(C=O)c1Cl. The third-order valence-electron chi connectivity index (χ3n) is 2.15. The monoisotopic (exact) mass is 256 g/mol. The van der Waals surface area contributed by atoms with Crippen molar-refractivity contribution in [3.8, 4) is 5.75 Å². The van der Waals surface area contributed by atoms with E-state index >= 15 is 0 Å². The lowest BCUT2D eigenvalue weighted by Crippen LogP contribution is -2.08. The van der Waals surface area contributed by atoms with Gasteiger partial charge < -0.3 is 9.47 Å². The van der Waals surface area contributed by atoms with Crippen LogP contribution in [0, 0.1) is 0 Å². The molecule has 0 amide bonds. The molecule has 0 fully saturated rings. The highest BCUT2D eigenvalue weighted by atomic mass is 35.5. The van der Waals surface area contributed by atoms with E-state index in [0.29, 0.717) is 29.8 Å². The van der Waals surface area contributed by atoms with Gasteiger partial charge in [0.25, 0.3) is 0 Å². The topological polar surface area (TPSA) is 52.6 Å². The number of ether oxygens (including phenoxy) is 2. The first-order valence-corrected chi connectivity index (χ1v) is 5.47. The largest absolute Gasteiger partial charge is 0.497 e. The summed E-state index contributed by atoms with van der Waals surface area (Å²) in [6, 6.07) is 3.14. The molecule has 0 atom stereocenters. The first-order chi connectivity index (χ1) is 8.12. The smallest absolute Gasteiger partial charge is 0.310 e. The number of carbonyl (C=O) groups is 2. The Morgan fingerprint density at radius 3 is 2.71 bits per heavy atom. The van der Waals surface area contributed by atoms with E-state index in [1.165, 1.54) is 13.2 Å². The minimum atomic E-state index is -0.389. The van der Waals surface area contributed by atoms with Crippen molar-refractivity contribution in [2.45, 2.75) is 13.3 Å². The molecule has 0 unspecified atom stereocenters. The minimum Gasteiger partial charge on any atom is -0.497 e. The molecule has 0 aliphatic heterocycles. The summed E-state index contributed by atoms with van der Waals surface area (Å²) in [5, 5.41) is 0.258. The quantitative estimate of drug-likeness (QED) is 0.599. The van der Waals surface area contributed by atoms with Gasteiger partial charge in [-0.3, -0.25) is 9.59 Å².